The number of furan rings is 1. The maximum atomic E-state index is 5.99. The molecule has 1 atom stereocenters. The van der Waals surface area contributed by atoms with Gasteiger partial charge in [0.25, 0.3) is 0 Å². The number of nitrogens with one attached hydrogen (secondary N) is 2. The normalized spacial score (nSPS) is 17.0. The van der Waals surface area contributed by atoms with E-state index in [0.717, 1.165) is 72.4 Å². The molecule has 4 rings (SSSR count). The molecule has 0 bridgehead atoms. The average molecular weight is 380 g/mol. The van der Waals surface area contributed by atoms with Crippen LogP contribution in [0.1, 0.15) is 36.3 Å². The number of aliphatic imine (C=N–C) groups is 1. The standard InChI is InChI=1S/C21H28N6O/c1-4-22-21(23-11-16-9-10-20-26-25-15(3)27(20)13-16)24-12-19-14(2)17-7-5-6-8-18(17)28-19/h5-8,16H,4,9-13H2,1-3H3,(H2,22,23,24). The summed E-state index contributed by atoms with van der Waals surface area (Å²) in [5, 5.41) is 16.4. The zero-order valence-corrected chi connectivity index (χ0v) is 16.8. The lowest BCUT2D eigenvalue weighted by atomic mass is 9.99. The predicted molar refractivity (Wildman–Crippen MR) is 110 cm³/mol. The van der Waals surface area contributed by atoms with Gasteiger partial charge >= 0.3 is 0 Å². The summed E-state index contributed by atoms with van der Waals surface area (Å²) in [6.07, 6.45) is 2.10. The predicted octanol–water partition coefficient (Wildman–Crippen LogP) is 2.96. The molecule has 3 heterocycles. The lowest BCUT2D eigenvalue weighted by Crippen LogP contribution is -2.41. The molecule has 7 heteroatoms. The second kappa shape index (κ2) is 8.04. The van der Waals surface area contributed by atoms with Crippen LogP contribution in [0.2, 0.25) is 0 Å². The summed E-state index contributed by atoms with van der Waals surface area (Å²) in [4.78, 5) is 4.75. The Morgan fingerprint density at radius 2 is 2.11 bits per heavy atom. The first-order valence-corrected chi connectivity index (χ1v) is 10.0. The number of hydrogen-bond donors (Lipinski definition) is 2. The van der Waals surface area contributed by atoms with Crippen LogP contribution >= 0.6 is 0 Å². The van der Waals surface area contributed by atoms with Crippen LogP contribution in [-0.2, 0) is 19.5 Å². The molecule has 2 aromatic heterocycles. The third-order valence-electron chi connectivity index (χ3n) is 5.45. The first kappa shape index (κ1) is 18.5. The van der Waals surface area contributed by atoms with Crippen LogP contribution in [0.3, 0.4) is 0 Å². The van der Waals surface area contributed by atoms with Crippen molar-refractivity contribution in [1.82, 2.24) is 25.4 Å². The van der Waals surface area contributed by atoms with Gasteiger partial charge in [-0.3, -0.25) is 0 Å². The lowest BCUT2D eigenvalue weighted by molar-refractivity contribution is 0.358. The number of aromatic nitrogens is 3. The number of rotatable bonds is 5. The number of guanidine groups is 1. The molecule has 0 fully saturated rings. The number of fused-ring (bicyclic) bond motifs is 2. The molecular weight excluding hydrogens is 352 g/mol. The molecule has 1 aliphatic heterocycles. The van der Waals surface area contributed by atoms with Crippen molar-refractivity contribution in [3.05, 3.63) is 47.2 Å². The second-order valence-electron chi connectivity index (χ2n) is 7.40. The Morgan fingerprint density at radius 3 is 2.93 bits per heavy atom. The Labute approximate surface area is 165 Å². The van der Waals surface area contributed by atoms with Crippen molar-refractivity contribution in [2.45, 2.75) is 46.7 Å². The van der Waals surface area contributed by atoms with E-state index in [4.69, 9.17) is 9.41 Å². The van der Waals surface area contributed by atoms with E-state index >= 15 is 0 Å². The fraction of sp³-hybridized carbons (Fsp3) is 0.476. The summed E-state index contributed by atoms with van der Waals surface area (Å²) in [7, 11) is 0. The van der Waals surface area contributed by atoms with Crippen LogP contribution in [0.25, 0.3) is 11.0 Å². The van der Waals surface area contributed by atoms with Gasteiger partial charge < -0.3 is 19.6 Å². The van der Waals surface area contributed by atoms with Crippen molar-refractivity contribution < 1.29 is 4.42 Å². The fourth-order valence-corrected chi connectivity index (χ4v) is 3.81. The topological polar surface area (TPSA) is 80.3 Å². The summed E-state index contributed by atoms with van der Waals surface area (Å²) >= 11 is 0. The van der Waals surface area contributed by atoms with E-state index < -0.39 is 0 Å². The SMILES string of the molecule is CCNC(=NCc1oc2ccccc2c1C)NCC1CCc2nnc(C)n2C1. The summed E-state index contributed by atoms with van der Waals surface area (Å²) in [5.74, 6) is 4.39. The highest BCUT2D eigenvalue weighted by molar-refractivity contribution is 5.82. The van der Waals surface area contributed by atoms with Crippen LogP contribution in [0, 0.1) is 19.8 Å². The maximum Gasteiger partial charge on any atom is 0.191 e. The van der Waals surface area contributed by atoms with E-state index in [-0.39, 0.29) is 0 Å². The Bertz CT molecular complexity index is 986. The van der Waals surface area contributed by atoms with Gasteiger partial charge in [-0.1, -0.05) is 18.2 Å². The van der Waals surface area contributed by atoms with Gasteiger partial charge in [0.1, 0.15) is 29.5 Å². The first-order chi connectivity index (χ1) is 13.7. The molecule has 1 aromatic carbocycles. The minimum atomic E-state index is 0.523. The van der Waals surface area contributed by atoms with Gasteiger partial charge in [-0.15, -0.1) is 10.2 Å². The van der Waals surface area contributed by atoms with Gasteiger partial charge in [-0.2, -0.15) is 0 Å². The van der Waals surface area contributed by atoms with Gasteiger partial charge in [0.2, 0.25) is 0 Å². The van der Waals surface area contributed by atoms with Gasteiger partial charge in [-0.25, -0.2) is 4.99 Å². The maximum absolute atomic E-state index is 5.99. The quantitative estimate of drug-likeness (QED) is 0.525. The van der Waals surface area contributed by atoms with E-state index in [1.807, 2.05) is 25.1 Å². The Hall–Kier alpha value is -2.83. The van der Waals surface area contributed by atoms with Crippen molar-refractivity contribution in [3.8, 4) is 0 Å². The van der Waals surface area contributed by atoms with E-state index in [9.17, 15) is 0 Å². The number of nitrogens with zero attached hydrogens (tertiary/aromatic N) is 4. The highest BCUT2D eigenvalue weighted by Crippen LogP contribution is 2.25. The smallest absolute Gasteiger partial charge is 0.191 e. The van der Waals surface area contributed by atoms with Crippen molar-refractivity contribution in [2.24, 2.45) is 10.9 Å². The minimum Gasteiger partial charge on any atom is -0.459 e. The van der Waals surface area contributed by atoms with Crippen molar-refractivity contribution in [2.75, 3.05) is 13.1 Å². The molecule has 7 nitrogen and oxygen atoms in total. The molecule has 0 aliphatic carbocycles. The minimum absolute atomic E-state index is 0.523. The van der Waals surface area contributed by atoms with Crippen LogP contribution in [0.4, 0.5) is 0 Å². The highest BCUT2D eigenvalue weighted by Gasteiger charge is 2.21. The zero-order valence-electron chi connectivity index (χ0n) is 16.8. The van der Waals surface area contributed by atoms with E-state index in [2.05, 4.69) is 45.3 Å². The molecule has 0 saturated heterocycles. The molecule has 1 unspecified atom stereocenters. The Balaban J connectivity index is 1.41. The van der Waals surface area contributed by atoms with E-state index in [1.165, 1.54) is 0 Å². The third-order valence-corrected chi connectivity index (χ3v) is 5.45. The van der Waals surface area contributed by atoms with Crippen molar-refractivity contribution in [3.63, 3.8) is 0 Å². The third kappa shape index (κ3) is 3.74. The van der Waals surface area contributed by atoms with Crippen LogP contribution in [0.5, 0.6) is 0 Å². The summed E-state index contributed by atoms with van der Waals surface area (Å²) in [5.41, 5.74) is 2.09. The Kier molecular flexibility index (Phi) is 5.32. The largest absolute Gasteiger partial charge is 0.459 e. The fourth-order valence-electron chi connectivity index (χ4n) is 3.81. The molecule has 28 heavy (non-hydrogen) atoms. The molecule has 1 aliphatic rings. The molecule has 0 radical (unpaired) electrons. The summed E-state index contributed by atoms with van der Waals surface area (Å²) in [6.45, 7) is 9.38. The van der Waals surface area contributed by atoms with Crippen molar-refractivity contribution >= 4 is 16.9 Å². The van der Waals surface area contributed by atoms with E-state index in [0.29, 0.717) is 12.5 Å². The first-order valence-electron chi connectivity index (χ1n) is 10.0. The van der Waals surface area contributed by atoms with Gasteiger partial charge in [0, 0.05) is 37.0 Å². The van der Waals surface area contributed by atoms with Gasteiger partial charge in [0.05, 0.1) is 0 Å². The highest BCUT2D eigenvalue weighted by atomic mass is 16.3. The summed E-state index contributed by atoms with van der Waals surface area (Å²) in [6, 6.07) is 8.13. The van der Waals surface area contributed by atoms with Crippen LogP contribution in [0.15, 0.2) is 33.7 Å². The van der Waals surface area contributed by atoms with Crippen LogP contribution in [-0.4, -0.2) is 33.8 Å². The number of benzene rings is 1. The number of para-hydroxylation sites is 1. The summed E-state index contributed by atoms with van der Waals surface area (Å²) < 4.78 is 8.22. The molecule has 0 amide bonds. The zero-order chi connectivity index (χ0) is 19.5. The van der Waals surface area contributed by atoms with Gasteiger partial charge in [-0.05, 0) is 39.2 Å². The number of aryl methyl sites for hydroxylation is 3. The molecule has 148 valence electrons. The van der Waals surface area contributed by atoms with E-state index in [1.54, 1.807) is 0 Å². The van der Waals surface area contributed by atoms with Gasteiger partial charge in [0.15, 0.2) is 5.96 Å². The molecule has 0 spiro atoms. The van der Waals surface area contributed by atoms with Crippen molar-refractivity contribution in [1.29, 1.82) is 0 Å². The Morgan fingerprint density at radius 1 is 1.25 bits per heavy atom. The monoisotopic (exact) mass is 380 g/mol. The molecule has 3 aromatic rings. The average Bonchev–Trinajstić information content (AvgIpc) is 3.24. The lowest BCUT2D eigenvalue weighted by Gasteiger charge is -2.25. The second-order valence-corrected chi connectivity index (χ2v) is 7.40. The number of hydrogen-bond acceptors (Lipinski definition) is 4. The molecule has 0 saturated carbocycles. The van der Waals surface area contributed by atoms with Crippen LogP contribution < -0.4 is 10.6 Å². The molecule has 2 N–H and O–H groups in total. The molecular formula is C21H28N6O.